The van der Waals surface area contributed by atoms with Crippen molar-refractivity contribution >= 4 is 63.9 Å². The Hall–Kier alpha value is -0.137. The quantitative estimate of drug-likeness (QED) is 0.525. The predicted octanol–water partition coefficient (Wildman–Crippen LogP) is 4.66. The van der Waals surface area contributed by atoms with E-state index in [0.717, 1.165) is 0 Å². The number of nitrogens with zero attached hydrogens (tertiary/aromatic N) is 1. The molecule has 0 spiro atoms. The molecule has 23 heavy (non-hydrogen) atoms. The molecule has 0 aliphatic carbocycles. The summed E-state index contributed by atoms with van der Waals surface area (Å²) >= 11 is 5.80. The Morgan fingerprint density at radius 1 is 1.13 bits per heavy atom. The van der Waals surface area contributed by atoms with Gasteiger partial charge in [-0.1, -0.05) is 0 Å². The van der Waals surface area contributed by atoms with Crippen molar-refractivity contribution in [3.63, 3.8) is 0 Å². The van der Waals surface area contributed by atoms with Gasteiger partial charge in [-0.15, -0.1) is 0 Å². The van der Waals surface area contributed by atoms with E-state index < -0.39 is 21.9 Å². The number of amides is 2. The van der Waals surface area contributed by atoms with E-state index in [9.17, 15) is 9.59 Å². The van der Waals surface area contributed by atoms with Gasteiger partial charge >= 0.3 is 157 Å². The molecule has 0 heterocycles. The molecule has 1 aromatic rings. The summed E-state index contributed by atoms with van der Waals surface area (Å²) in [7, 11) is 14.2. The second-order valence-corrected chi connectivity index (χ2v) is 23.1. The number of halogens is 4. The van der Waals surface area contributed by atoms with Gasteiger partial charge in [0.2, 0.25) is 0 Å². The molecule has 0 fully saturated rings. The molecular weight excluding hydrogens is 443 g/mol. The van der Waals surface area contributed by atoms with Crippen molar-refractivity contribution in [2.45, 2.75) is 38.0 Å². The van der Waals surface area contributed by atoms with E-state index in [1.807, 2.05) is 20.8 Å². The fraction of sp³-hybridized carbons (Fsp3) is 0.429. The first-order valence-electron chi connectivity index (χ1n) is 6.86. The van der Waals surface area contributed by atoms with Gasteiger partial charge in [0, 0.05) is 0 Å². The molecule has 1 N–H and O–H groups in total. The van der Waals surface area contributed by atoms with Crippen LogP contribution in [0, 0.1) is 0 Å². The summed E-state index contributed by atoms with van der Waals surface area (Å²) in [6.45, 7) is 5.43. The predicted molar refractivity (Wildman–Crippen MR) is 98.3 cm³/mol. The Morgan fingerprint density at radius 3 is 2.09 bits per heavy atom. The summed E-state index contributed by atoms with van der Waals surface area (Å²) in [5.74, 6) is -0.697. The van der Waals surface area contributed by atoms with E-state index in [0.29, 0.717) is 10.6 Å². The second-order valence-electron chi connectivity index (χ2n) is 5.96. The molecule has 1 aromatic carbocycles. The summed E-state index contributed by atoms with van der Waals surface area (Å²) in [5.41, 5.74) is 2.41. The SMILES string of the molecule is CC(C)(C)N(NC(=O)c1ccc(Cl)cc1)C(=O)C[CH2][Ge]([Cl])([Cl])[Cl]. The van der Waals surface area contributed by atoms with Crippen LogP contribution < -0.4 is 5.43 Å². The Balaban J connectivity index is 2.85. The van der Waals surface area contributed by atoms with Crippen molar-refractivity contribution in [3.8, 4) is 0 Å². The molecule has 0 radical (unpaired) electrons. The van der Waals surface area contributed by atoms with E-state index in [2.05, 4.69) is 5.43 Å². The summed E-state index contributed by atoms with van der Waals surface area (Å²) in [5, 5.41) is 2.05. The van der Waals surface area contributed by atoms with E-state index >= 15 is 0 Å². The Bertz CT molecular complexity index is 568. The third kappa shape index (κ3) is 7.52. The maximum absolute atomic E-state index is 12.4. The molecule has 0 aliphatic rings. The van der Waals surface area contributed by atoms with Crippen molar-refractivity contribution in [2.24, 2.45) is 0 Å². The van der Waals surface area contributed by atoms with E-state index in [4.69, 9.17) is 41.6 Å². The average molecular weight is 461 g/mol. The molecule has 1 rings (SSSR count). The minimum absolute atomic E-state index is 0.0780. The van der Waals surface area contributed by atoms with Crippen LogP contribution in [0.25, 0.3) is 0 Å². The zero-order chi connectivity index (χ0) is 17.8. The van der Waals surface area contributed by atoms with Gasteiger partial charge in [0.1, 0.15) is 0 Å². The second kappa shape index (κ2) is 8.30. The fourth-order valence-electron chi connectivity index (χ4n) is 1.73. The van der Waals surface area contributed by atoms with Crippen LogP contribution in [-0.2, 0) is 4.79 Å². The van der Waals surface area contributed by atoms with Crippen molar-refractivity contribution in [1.82, 2.24) is 10.4 Å². The van der Waals surface area contributed by atoms with Crippen molar-refractivity contribution in [1.29, 1.82) is 0 Å². The van der Waals surface area contributed by atoms with Crippen LogP contribution in [0.3, 0.4) is 0 Å². The normalized spacial score (nSPS) is 12.0. The standard InChI is InChI=1S/C14H18Cl4GeN2O2/c1-14(2,3)21(12(22)8-9-19(16,17)18)20-13(23)10-4-6-11(15)7-5-10/h4-7H,8-9H2,1-3H3,(H,20,23). The Labute approximate surface area is 156 Å². The molecule has 128 valence electrons. The zero-order valence-electron chi connectivity index (χ0n) is 13.0. The van der Waals surface area contributed by atoms with E-state index in [1.165, 1.54) is 5.01 Å². The summed E-state index contributed by atoms with van der Waals surface area (Å²) in [6, 6.07) is 6.38. The van der Waals surface area contributed by atoms with Crippen LogP contribution in [-0.4, -0.2) is 32.8 Å². The first kappa shape index (κ1) is 20.9. The molecule has 0 saturated heterocycles. The summed E-state index contributed by atoms with van der Waals surface area (Å²) < 4.78 is 0. The monoisotopic (exact) mass is 460 g/mol. The van der Waals surface area contributed by atoms with Gasteiger partial charge in [-0.3, -0.25) is 0 Å². The van der Waals surface area contributed by atoms with Gasteiger partial charge < -0.3 is 0 Å². The van der Waals surface area contributed by atoms with Gasteiger partial charge in [0.25, 0.3) is 0 Å². The van der Waals surface area contributed by atoms with Crippen LogP contribution in [0.5, 0.6) is 0 Å². The number of hydrazine groups is 1. The molecule has 9 heteroatoms. The average Bonchev–Trinajstić information content (AvgIpc) is 2.40. The molecule has 4 nitrogen and oxygen atoms in total. The van der Waals surface area contributed by atoms with Crippen molar-refractivity contribution in [2.75, 3.05) is 0 Å². The molecule has 0 saturated carbocycles. The zero-order valence-corrected chi connectivity index (χ0v) is 18.1. The number of rotatable bonds is 4. The fourth-order valence-corrected chi connectivity index (χ4v) is 4.37. The molecule has 0 bridgehead atoms. The van der Waals surface area contributed by atoms with E-state index in [-0.39, 0.29) is 17.6 Å². The number of benzene rings is 1. The van der Waals surface area contributed by atoms with Crippen molar-refractivity contribution < 1.29 is 9.59 Å². The number of hydrogen-bond donors (Lipinski definition) is 1. The first-order chi connectivity index (χ1) is 10.4. The number of carbonyl (C=O) groups is 2. The first-order valence-corrected chi connectivity index (χ1v) is 17.0. The van der Waals surface area contributed by atoms with Crippen LogP contribution >= 0.6 is 41.6 Å². The maximum atomic E-state index is 12.4. The molecule has 0 unspecified atom stereocenters. The van der Waals surface area contributed by atoms with Gasteiger partial charge in [-0.2, -0.15) is 0 Å². The summed E-state index contributed by atoms with van der Waals surface area (Å²) in [4.78, 5) is 24.7. The van der Waals surface area contributed by atoms with Crippen LogP contribution in [0.15, 0.2) is 24.3 Å². The Morgan fingerprint density at radius 2 is 1.65 bits per heavy atom. The molecular formula is C14H18Cl4GeN2O2. The third-order valence-electron chi connectivity index (χ3n) is 2.86. The third-order valence-corrected chi connectivity index (χ3v) is 7.77. The molecule has 2 amide bonds. The molecule has 0 aliphatic heterocycles. The van der Waals surface area contributed by atoms with Crippen LogP contribution in [0.1, 0.15) is 37.6 Å². The van der Waals surface area contributed by atoms with Gasteiger partial charge in [-0.25, -0.2) is 0 Å². The van der Waals surface area contributed by atoms with Crippen molar-refractivity contribution in [3.05, 3.63) is 34.9 Å². The van der Waals surface area contributed by atoms with Gasteiger partial charge in [-0.05, 0) is 0 Å². The van der Waals surface area contributed by atoms with E-state index in [1.54, 1.807) is 24.3 Å². The van der Waals surface area contributed by atoms with Crippen LogP contribution in [0.4, 0.5) is 0 Å². The topological polar surface area (TPSA) is 49.4 Å². The number of carbonyl (C=O) groups excluding carboxylic acids is 2. The molecule has 0 atom stereocenters. The molecule has 0 aromatic heterocycles. The van der Waals surface area contributed by atoms with Crippen LogP contribution in [0.2, 0.25) is 10.3 Å². The summed E-state index contributed by atoms with van der Waals surface area (Å²) in [6.07, 6.45) is 0.0780. The minimum atomic E-state index is -3.38. The van der Waals surface area contributed by atoms with Gasteiger partial charge in [0.15, 0.2) is 0 Å². The van der Waals surface area contributed by atoms with Gasteiger partial charge in [0.05, 0.1) is 0 Å². The Kier molecular flexibility index (Phi) is 7.54. The number of nitrogens with one attached hydrogen (secondary N) is 1. The number of hydrogen-bond acceptors (Lipinski definition) is 2.